The summed E-state index contributed by atoms with van der Waals surface area (Å²) in [5.74, 6) is 0.799. The molecule has 12 nitrogen and oxygen atoms in total. The number of nitrogens with zero attached hydrogens (tertiary/aromatic N) is 4. The van der Waals surface area contributed by atoms with Gasteiger partial charge in [-0.1, -0.05) is 6.07 Å². The molecule has 4 aromatic rings. The number of nitro groups is 1. The van der Waals surface area contributed by atoms with Crippen molar-refractivity contribution in [3.05, 3.63) is 99.6 Å². The number of aromatic nitrogens is 2. The summed E-state index contributed by atoms with van der Waals surface area (Å²) in [4.78, 5) is 17.7. The zero-order valence-corrected chi connectivity index (χ0v) is 25.7. The van der Waals surface area contributed by atoms with Gasteiger partial charge in [-0.05, 0) is 68.0 Å². The third-order valence-corrected chi connectivity index (χ3v) is 8.17. The van der Waals surface area contributed by atoms with E-state index in [2.05, 4.69) is 15.0 Å². The molecule has 1 saturated heterocycles. The molecule has 2 aromatic carbocycles. The summed E-state index contributed by atoms with van der Waals surface area (Å²) in [6.45, 7) is 3.86. The Morgan fingerprint density at radius 3 is 2.42 bits per heavy atom. The van der Waals surface area contributed by atoms with Gasteiger partial charge in [-0.3, -0.25) is 19.8 Å². The molecule has 1 aliphatic rings. The number of nitro benzene ring substituents is 1. The molecule has 0 spiro atoms. The molecular weight excluding hydrogens is 592 g/mol. The van der Waals surface area contributed by atoms with E-state index in [9.17, 15) is 18.5 Å². The number of rotatable bonds is 9. The van der Waals surface area contributed by atoms with Gasteiger partial charge in [0.25, 0.3) is 5.69 Å². The number of benzene rings is 2. The molecule has 0 radical (unpaired) electrons. The lowest BCUT2D eigenvalue weighted by atomic mass is 9.96. The van der Waals surface area contributed by atoms with Crippen LogP contribution in [-0.4, -0.2) is 48.5 Å². The van der Waals surface area contributed by atoms with Crippen molar-refractivity contribution in [3.63, 3.8) is 0 Å². The van der Waals surface area contributed by atoms with Crippen molar-refractivity contribution in [2.24, 2.45) is 0 Å². The SMILES string of the molecule is COc1cc(N2C(=S)N[C@@H](c3ccccn3)[C@H]2c2cc(C)n(-c3cc([N+](=O)[O-])ccc3OC)c2C)ccc1NS(C)(=O)=O. The van der Waals surface area contributed by atoms with Crippen LogP contribution in [0.5, 0.6) is 11.5 Å². The second-order valence-corrected chi connectivity index (χ2v) is 12.2. The van der Waals surface area contributed by atoms with Crippen LogP contribution in [0.2, 0.25) is 0 Å². The molecule has 3 heterocycles. The van der Waals surface area contributed by atoms with Crippen LogP contribution in [0, 0.1) is 24.0 Å². The number of nitrogens with one attached hydrogen (secondary N) is 2. The van der Waals surface area contributed by atoms with Gasteiger partial charge in [0.2, 0.25) is 10.0 Å². The molecule has 0 amide bonds. The van der Waals surface area contributed by atoms with Gasteiger partial charge in [-0.15, -0.1) is 0 Å². The summed E-state index contributed by atoms with van der Waals surface area (Å²) in [5.41, 5.74) is 4.73. The maximum Gasteiger partial charge on any atom is 0.271 e. The van der Waals surface area contributed by atoms with Gasteiger partial charge in [0.05, 0.1) is 54.6 Å². The molecule has 0 bridgehead atoms. The van der Waals surface area contributed by atoms with Crippen LogP contribution < -0.4 is 24.4 Å². The number of sulfonamides is 1. The Hall–Kier alpha value is -4.69. The number of hydrogen-bond donors (Lipinski definition) is 2. The topological polar surface area (TPSA) is 141 Å². The van der Waals surface area contributed by atoms with Crippen molar-refractivity contribution in [1.82, 2.24) is 14.9 Å². The minimum atomic E-state index is -3.54. The van der Waals surface area contributed by atoms with Crippen LogP contribution in [0.4, 0.5) is 17.1 Å². The van der Waals surface area contributed by atoms with Crippen LogP contribution in [0.15, 0.2) is 66.9 Å². The lowest BCUT2D eigenvalue weighted by Gasteiger charge is -2.29. The maximum atomic E-state index is 11.9. The first-order valence-corrected chi connectivity index (χ1v) is 15.4. The number of ether oxygens (including phenoxy) is 2. The molecule has 5 rings (SSSR count). The number of aryl methyl sites for hydroxylation is 1. The number of hydrogen-bond acceptors (Lipinski definition) is 8. The molecule has 1 aliphatic heterocycles. The van der Waals surface area contributed by atoms with Gasteiger partial charge in [0.15, 0.2) is 5.11 Å². The van der Waals surface area contributed by atoms with E-state index in [1.165, 1.54) is 26.4 Å². The fraction of sp³-hybridized carbons (Fsp3) is 0.241. The van der Waals surface area contributed by atoms with Crippen LogP contribution in [0.3, 0.4) is 0 Å². The number of methoxy groups -OCH3 is 2. The summed E-state index contributed by atoms with van der Waals surface area (Å²) < 4.78 is 39.4. The molecular formula is C29H30N6O6S2. The number of anilines is 2. The first kappa shape index (κ1) is 29.8. The van der Waals surface area contributed by atoms with Gasteiger partial charge < -0.3 is 24.3 Å². The van der Waals surface area contributed by atoms with Crippen molar-refractivity contribution in [1.29, 1.82) is 0 Å². The Bertz CT molecular complexity index is 1830. The average Bonchev–Trinajstić information content (AvgIpc) is 3.47. The first-order valence-electron chi connectivity index (χ1n) is 13.1. The third-order valence-electron chi connectivity index (χ3n) is 7.26. The molecule has 2 N–H and O–H groups in total. The molecule has 2 atom stereocenters. The lowest BCUT2D eigenvalue weighted by molar-refractivity contribution is -0.384. The molecule has 0 saturated carbocycles. The zero-order chi connectivity index (χ0) is 31.1. The van der Waals surface area contributed by atoms with Crippen molar-refractivity contribution >= 4 is 44.4 Å². The van der Waals surface area contributed by atoms with E-state index < -0.39 is 21.0 Å². The monoisotopic (exact) mass is 622 g/mol. The van der Waals surface area contributed by atoms with E-state index in [4.69, 9.17) is 21.7 Å². The minimum absolute atomic E-state index is 0.0589. The van der Waals surface area contributed by atoms with Crippen molar-refractivity contribution in [2.45, 2.75) is 25.9 Å². The summed E-state index contributed by atoms with van der Waals surface area (Å²) in [7, 11) is -0.563. The zero-order valence-electron chi connectivity index (χ0n) is 24.1. The number of non-ortho nitro benzene ring substituents is 1. The molecule has 224 valence electrons. The Morgan fingerprint density at radius 2 is 1.79 bits per heavy atom. The quantitative estimate of drug-likeness (QED) is 0.149. The minimum Gasteiger partial charge on any atom is -0.495 e. The highest BCUT2D eigenvalue weighted by Crippen LogP contribution is 2.45. The molecule has 14 heteroatoms. The Kier molecular flexibility index (Phi) is 7.99. The summed E-state index contributed by atoms with van der Waals surface area (Å²) in [6.07, 6.45) is 2.78. The molecule has 2 aromatic heterocycles. The maximum absolute atomic E-state index is 11.9. The fourth-order valence-electron chi connectivity index (χ4n) is 5.49. The van der Waals surface area contributed by atoms with E-state index in [1.54, 1.807) is 30.5 Å². The van der Waals surface area contributed by atoms with Crippen LogP contribution >= 0.6 is 12.2 Å². The predicted molar refractivity (Wildman–Crippen MR) is 168 cm³/mol. The molecule has 0 aliphatic carbocycles. The molecule has 0 unspecified atom stereocenters. The molecule has 1 fully saturated rings. The highest BCUT2D eigenvalue weighted by molar-refractivity contribution is 7.92. The fourth-order valence-corrected chi connectivity index (χ4v) is 6.40. The largest absolute Gasteiger partial charge is 0.495 e. The van der Waals surface area contributed by atoms with E-state index in [-0.39, 0.29) is 11.7 Å². The lowest BCUT2D eigenvalue weighted by Crippen LogP contribution is -2.29. The Labute approximate surface area is 254 Å². The summed E-state index contributed by atoms with van der Waals surface area (Å²) in [5, 5.41) is 15.5. The van der Waals surface area contributed by atoms with E-state index >= 15 is 0 Å². The number of pyridine rings is 1. The average molecular weight is 623 g/mol. The van der Waals surface area contributed by atoms with E-state index in [0.29, 0.717) is 33.7 Å². The van der Waals surface area contributed by atoms with Gasteiger partial charge in [-0.2, -0.15) is 0 Å². The second-order valence-electron chi connectivity index (χ2n) is 10.0. The van der Waals surface area contributed by atoms with Crippen molar-refractivity contribution < 1.29 is 22.8 Å². The highest BCUT2D eigenvalue weighted by Gasteiger charge is 2.42. The Balaban J connectivity index is 1.70. The van der Waals surface area contributed by atoms with E-state index in [0.717, 1.165) is 28.9 Å². The van der Waals surface area contributed by atoms with Crippen LogP contribution in [-0.2, 0) is 10.0 Å². The predicted octanol–water partition coefficient (Wildman–Crippen LogP) is 4.96. The number of thiocarbonyl (C=S) groups is 1. The van der Waals surface area contributed by atoms with Gasteiger partial charge in [0, 0.05) is 41.5 Å². The van der Waals surface area contributed by atoms with Gasteiger partial charge in [-0.25, -0.2) is 8.42 Å². The second kappa shape index (κ2) is 11.5. The van der Waals surface area contributed by atoms with Gasteiger partial charge in [0.1, 0.15) is 11.5 Å². The summed E-state index contributed by atoms with van der Waals surface area (Å²) in [6, 6.07) is 16.5. The standard InChI is InChI=1S/C29H30N6O6S2/c1-17-14-21(18(2)33(17)24-15-20(35(36)37)10-12-25(24)40-3)28-27(23-8-6-7-13-30-23)31-29(42)34(28)19-9-11-22(26(16-19)41-4)32-43(5,38)39/h6-16,27-28,32H,1-5H3,(H,31,42)/t27-,28+/m0/s1. The van der Waals surface area contributed by atoms with E-state index in [1.807, 2.05) is 47.6 Å². The van der Waals surface area contributed by atoms with Crippen LogP contribution in [0.1, 0.15) is 34.7 Å². The van der Waals surface area contributed by atoms with Crippen molar-refractivity contribution in [3.8, 4) is 17.2 Å². The molecule has 43 heavy (non-hydrogen) atoms. The third kappa shape index (κ3) is 5.70. The summed E-state index contributed by atoms with van der Waals surface area (Å²) >= 11 is 5.87. The van der Waals surface area contributed by atoms with Gasteiger partial charge >= 0.3 is 0 Å². The first-order chi connectivity index (χ1) is 20.4. The highest BCUT2D eigenvalue weighted by atomic mass is 32.2. The van der Waals surface area contributed by atoms with Crippen LogP contribution in [0.25, 0.3) is 5.69 Å². The Morgan fingerprint density at radius 1 is 1.05 bits per heavy atom. The normalized spacial score (nSPS) is 16.6. The smallest absolute Gasteiger partial charge is 0.271 e. The van der Waals surface area contributed by atoms with Crippen molar-refractivity contribution in [2.75, 3.05) is 30.1 Å².